The lowest BCUT2D eigenvalue weighted by molar-refractivity contribution is -0.575. The molecule has 1 fully saturated rings. The van der Waals surface area contributed by atoms with Gasteiger partial charge in [-0.15, -0.1) is 4.57 Å². The van der Waals surface area contributed by atoms with Crippen molar-refractivity contribution in [3.8, 4) is 5.75 Å². The van der Waals surface area contributed by atoms with Gasteiger partial charge in [0.1, 0.15) is 17.5 Å². The number of amides is 1. The zero-order chi connectivity index (χ0) is 21.5. The molecule has 1 amide bonds. The zero-order valence-corrected chi connectivity index (χ0v) is 20.7. The van der Waals surface area contributed by atoms with Crippen LogP contribution in [-0.4, -0.2) is 40.1 Å². The Balaban J connectivity index is 0.00000272. The molecule has 166 valence electrons. The average molecular weight is 554 g/mol. The van der Waals surface area contributed by atoms with Crippen molar-refractivity contribution in [1.29, 1.82) is 0 Å². The lowest BCUT2D eigenvalue weighted by Gasteiger charge is -2.46. The van der Waals surface area contributed by atoms with E-state index in [1.54, 1.807) is 23.4 Å². The predicted molar refractivity (Wildman–Crippen MR) is 114 cm³/mol. The predicted octanol–water partition coefficient (Wildman–Crippen LogP) is 0.209. The number of hydrogen-bond acceptors (Lipinski definition) is 4. The Kier molecular flexibility index (Phi) is 7.23. The molecule has 31 heavy (non-hydrogen) atoms. The van der Waals surface area contributed by atoms with Crippen LogP contribution in [0.2, 0.25) is 0 Å². The molecular weight excluding hydrogens is 528 g/mol. The fourth-order valence-corrected chi connectivity index (χ4v) is 4.46. The second-order valence-corrected chi connectivity index (χ2v) is 9.42. The third-order valence-electron chi connectivity index (χ3n) is 5.90. The summed E-state index contributed by atoms with van der Waals surface area (Å²) in [4.78, 5) is 27.3. The highest BCUT2D eigenvalue weighted by molar-refractivity contribution is 9.10. The first-order chi connectivity index (χ1) is 14.3. The standard InChI is InChI=1S/C23H26BrN2O4.BrH/c1-23(2)22(29)21(26-11-4-3-5-19(26)27)17-14-25(12-10-18(17)30-23)20(28)13-15-6-8-16(24)9-7-15;/h6-10,12,14,21-22,29H,3-5,11,13H2,1-2H3;1H/q+1;/p-1. The van der Waals surface area contributed by atoms with Crippen molar-refractivity contribution >= 4 is 27.7 Å². The first kappa shape index (κ1) is 23.9. The van der Waals surface area contributed by atoms with Crippen LogP contribution in [-0.2, 0) is 11.2 Å². The van der Waals surface area contributed by atoms with Gasteiger partial charge in [0.05, 0.1) is 18.0 Å². The van der Waals surface area contributed by atoms with Crippen molar-refractivity contribution in [3.63, 3.8) is 0 Å². The molecule has 0 bridgehead atoms. The van der Waals surface area contributed by atoms with Crippen LogP contribution in [0.4, 0.5) is 0 Å². The van der Waals surface area contributed by atoms with E-state index in [1.165, 1.54) is 4.57 Å². The van der Waals surface area contributed by atoms with Gasteiger partial charge in [0, 0.05) is 23.5 Å². The summed E-state index contributed by atoms with van der Waals surface area (Å²) in [6.45, 7) is 4.24. The van der Waals surface area contributed by atoms with Gasteiger partial charge >= 0.3 is 5.91 Å². The van der Waals surface area contributed by atoms with Crippen molar-refractivity contribution in [3.05, 3.63) is 58.3 Å². The molecule has 3 heterocycles. The summed E-state index contributed by atoms with van der Waals surface area (Å²) in [6, 6.07) is 8.85. The summed E-state index contributed by atoms with van der Waals surface area (Å²) in [7, 11) is 0. The number of rotatable bonds is 3. The number of benzene rings is 1. The number of piperidine rings is 1. The Hall–Kier alpha value is -1.77. The number of carbonyl (C=O) groups is 2. The van der Waals surface area contributed by atoms with Crippen LogP contribution in [0, 0.1) is 0 Å². The molecule has 6 nitrogen and oxygen atoms in total. The molecule has 2 atom stereocenters. The number of aromatic nitrogens is 1. The molecule has 1 N–H and O–H groups in total. The quantitative estimate of drug-likeness (QED) is 0.552. The fraction of sp³-hybridized carbons (Fsp3) is 0.435. The summed E-state index contributed by atoms with van der Waals surface area (Å²) >= 11 is 3.40. The number of aliphatic hydroxyl groups excluding tert-OH is 1. The van der Waals surface area contributed by atoms with Gasteiger partial charge in [0.15, 0.2) is 12.4 Å². The van der Waals surface area contributed by atoms with Gasteiger partial charge in [-0.2, -0.15) is 0 Å². The summed E-state index contributed by atoms with van der Waals surface area (Å²) in [5.74, 6) is 0.537. The summed E-state index contributed by atoms with van der Waals surface area (Å²) in [5, 5.41) is 11.1. The van der Waals surface area contributed by atoms with Gasteiger partial charge in [-0.3, -0.25) is 4.79 Å². The Labute approximate surface area is 201 Å². The summed E-state index contributed by atoms with van der Waals surface area (Å²) in [6.07, 6.45) is 5.00. The Morgan fingerprint density at radius 1 is 1.26 bits per heavy atom. The number of pyridine rings is 1. The SMILES string of the molecule is CC1(C)Oc2cc[n+](C(=O)Cc3ccc(Br)cc3)cc2C(N2CCCCC2=O)C1O.[Br-]. The number of fused-ring (bicyclic) bond motifs is 1. The number of hydrogen-bond donors (Lipinski definition) is 1. The molecule has 2 unspecified atom stereocenters. The van der Waals surface area contributed by atoms with Gasteiger partial charge in [-0.1, -0.05) is 28.1 Å². The van der Waals surface area contributed by atoms with Gasteiger partial charge in [-0.25, -0.2) is 4.79 Å². The lowest BCUT2D eigenvalue weighted by atomic mass is 9.85. The van der Waals surface area contributed by atoms with Crippen LogP contribution >= 0.6 is 15.9 Å². The van der Waals surface area contributed by atoms with Crippen LogP contribution in [0.15, 0.2) is 47.2 Å². The molecule has 2 aliphatic heterocycles. The van der Waals surface area contributed by atoms with E-state index >= 15 is 0 Å². The summed E-state index contributed by atoms with van der Waals surface area (Å²) < 4.78 is 8.52. The molecule has 0 aliphatic carbocycles. The van der Waals surface area contributed by atoms with E-state index in [1.807, 2.05) is 38.1 Å². The maximum Gasteiger partial charge on any atom is 0.396 e. The number of nitrogens with zero attached hydrogens (tertiary/aromatic N) is 2. The Bertz CT molecular complexity index is 978. The first-order valence-corrected chi connectivity index (χ1v) is 11.0. The summed E-state index contributed by atoms with van der Waals surface area (Å²) in [5.41, 5.74) is 0.737. The average Bonchev–Trinajstić information content (AvgIpc) is 2.71. The largest absolute Gasteiger partial charge is 1.00 e. The van der Waals surface area contributed by atoms with Crippen LogP contribution in [0.1, 0.15) is 55.1 Å². The minimum absolute atomic E-state index is 0. The fourth-order valence-electron chi connectivity index (χ4n) is 4.19. The lowest BCUT2D eigenvalue weighted by Crippen LogP contribution is -3.00. The van der Waals surface area contributed by atoms with Crippen LogP contribution < -0.4 is 26.3 Å². The van der Waals surface area contributed by atoms with Crippen LogP contribution in [0.3, 0.4) is 0 Å². The molecule has 1 aromatic heterocycles. The molecule has 8 heteroatoms. The van der Waals surface area contributed by atoms with Crippen LogP contribution in [0.5, 0.6) is 5.75 Å². The Morgan fingerprint density at radius 3 is 2.65 bits per heavy atom. The van der Waals surface area contributed by atoms with Gasteiger partial charge in [0.2, 0.25) is 5.91 Å². The first-order valence-electron chi connectivity index (χ1n) is 10.3. The van der Waals surface area contributed by atoms with Gasteiger partial charge < -0.3 is 31.7 Å². The van der Waals surface area contributed by atoms with Gasteiger partial charge in [0.25, 0.3) is 0 Å². The van der Waals surface area contributed by atoms with E-state index in [0.717, 1.165) is 22.9 Å². The molecule has 2 aliphatic rings. The van der Waals surface area contributed by atoms with E-state index in [2.05, 4.69) is 15.9 Å². The second kappa shape index (κ2) is 9.38. The molecule has 0 radical (unpaired) electrons. The minimum Gasteiger partial charge on any atom is -1.00 e. The third-order valence-corrected chi connectivity index (χ3v) is 6.43. The zero-order valence-electron chi connectivity index (χ0n) is 17.6. The van der Waals surface area contributed by atoms with E-state index in [4.69, 9.17) is 4.74 Å². The van der Waals surface area contributed by atoms with Crippen molar-refractivity contribution in [2.24, 2.45) is 0 Å². The van der Waals surface area contributed by atoms with E-state index in [9.17, 15) is 14.7 Å². The maximum atomic E-state index is 12.9. The maximum absolute atomic E-state index is 12.9. The number of carbonyl (C=O) groups excluding carboxylic acids is 2. The van der Waals surface area contributed by atoms with E-state index in [0.29, 0.717) is 24.3 Å². The minimum atomic E-state index is -0.899. The van der Waals surface area contributed by atoms with Crippen LogP contribution in [0.25, 0.3) is 0 Å². The van der Waals surface area contributed by atoms with Crippen molar-refractivity contribution in [2.45, 2.75) is 57.3 Å². The number of halogens is 2. The molecule has 0 spiro atoms. The Morgan fingerprint density at radius 2 is 1.97 bits per heavy atom. The molecule has 4 rings (SSSR count). The molecule has 2 aromatic rings. The van der Waals surface area contributed by atoms with Crippen molar-refractivity contribution in [1.82, 2.24) is 4.90 Å². The highest BCUT2D eigenvalue weighted by Gasteiger charge is 2.48. The van der Waals surface area contributed by atoms with E-state index < -0.39 is 17.7 Å². The highest BCUT2D eigenvalue weighted by Crippen LogP contribution is 2.43. The van der Waals surface area contributed by atoms with E-state index in [-0.39, 0.29) is 35.2 Å². The smallest absolute Gasteiger partial charge is 0.396 e. The number of ether oxygens (including phenoxy) is 1. The van der Waals surface area contributed by atoms with Crippen molar-refractivity contribution in [2.75, 3.05) is 6.54 Å². The second-order valence-electron chi connectivity index (χ2n) is 8.51. The third kappa shape index (κ3) is 4.86. The topological polar surface area (TPSA) is 70.7 Å². The number of aliphatic hydroxyl groups is 1. The molecular formula is C23H26Br2N2O4. The normalized spacial score (nSPS) is 22.2. The molecule has 1 aromatic carbocycles. The number of likely N-dealkylation sites (tertiary alicyclic amines) is 1. The molecule has 1 saturated heterocycles. The van der Waals surface area contributed by atoms with Crippen molar-refractivity contribution < 1.29 is 41.0 Å². The highest BCUT2D eigenvalue weighted by atomic mass is 79.9. The molecule has 0 saturated carbocycles. The van der Waals surface area contributed by atoms with Gasteiger partial charge in [-0.05, 0) is 44.4 Å². The monoisotopic (exact) mass is 552 g/mol.